The number of nitrogens with one attached hydrogen (secondary N) is 1. The van der Waals surface area contributed by atoms with Crippen LogP contribution in [0.15, 0.2) is 36.4 Å². The Balaban J connectivity index is 1.25. The lowest BCUT2D eigenvalue weighted by molar-refractivity contribution is -0.0449. The van der Waals surface area contributed by atoms with Crippen LogP contribution in [0.4, 0.5) is 5.69 Å². The standard InChI is InChI=1S/C40H54ClN3O6S/c1-28-7-5-17-40(46,16-3-4-18-43-19-21-49-22-20-43)35-12-9-32(35)25-44-26-39(15-6-8-30-23-33(41)11-13-34(30)39)27-50-37-14-10-31(24-36(37)44)38(45)42-51(47,48)29(28)2/h10-11,13-14,23-24,28-29,32,35,38,42,45-46H,4-9,12,15,17-22,25-27H2,1-2H3/t28-,29+,32-,35+,38?,39-,40+/m0/s1. The molecule has 11 heteroatoms. The number of fused-ring (bicyclic) bond motifs is 4. The quantitative estimate of drug-likeness (QED) is 0.351. The number of benzene rings is 2. The molecular formula is C40H54ClN3O6S. The lowest BCUT2D eigenvalue weighted by Gasteiger charge is -2.48. The van der Waals surface area contributed by atoms with E-state index >= 15 is 0 Å². The summed E-state index contributed by atoms with van der Waals surface area (Å²) in [4.78, 5) is 4.75. The molecule has 0 amide bonds. The Morgan fingerprint density at radius 3 is 2.67 bits per heavy atom. The number of rotatable bonds is 2. The zero-order valence-corrected chi connectivity index (χ0v) is 31.7. The number of morpholine rings is 1. The molecule has 1 saturated carbocycles. The van der Waals surface area contributed by atoms with Crippen LogP contribution < -0.4 is 14.4 Å². The van der Waals surface area contributed by atoms with Gasteiger partial charge in [-0.15, -0.1) is 0 Å². The summed E-state index contributed by atoms with van der Waals surface area (Å²) in [5, 5.41) is 23.8. The normalized spacial score (nSPS) is 34.1. The largest absolute Gasteiger partial charge is 0.490 e. The van der Waals surface area contributed by atoms with Gasteiger partial charge in [-0.05, 0) is 111 Å². The Labute approximate surface area is 309 Å². The summed E-state index contributed by atoms with van der Waals surface area (Å²) < 4.78 is 41.8. The summed E-state index contributed by atoms with van der Waals surface area (Å²) in [5.74, 6) is 7.51. The van der Waals surface area contributed by atoms with Crippen molar-refractivity contribution in [2.24, 2.45) is 17.8 Å². The Kier molecular flexibility index (Phi) is 11.0. The first kappa shape index (κ1) is 37.0. The minimum Gasteiger partial charge on any atom is -0.490 e. The van der Waals surface area contributed by atoms with E-state index in [0.29, 0.717) is 56.7 Å². The van der Waals surface area contributed by atoms with Gasteiger partial charge in [-0.1, -0.05) is 42.5 Å². The van der Waals surface area contributed by atoms with E-state index in [-0.39, 0.29) is 23.2 Å². The Bertz CT molecular complexity index is 1740. The molecule has 2 aromatic carbocycles. The fourth-order valence-electron chi connectivity index (χ4n) is 9.16. The minimum absolute atomic E-state index is 0.00536. The highest BCUT2D eigenvalue weighted by Crippen LogP contribution is 2.49. The van der Waals surface area contributed by atoms with Crippen molar-refractivity contribution in [2.45, 2.75) is 94.1 Å². The van der Waals surface area contributed by atoms with Crippen LogP contribution in [-0.4, -0.2) is 86.9 Å². The smallest absolute Gasteiger partial charge is 0.216 e. The summed E-state index contributed by atoms with van der Waals surface area (Å²) in [6.45, 7) is 9.68. The molecule has 0 aromatic heterocycles. The van der Waals surface area contributed by atoms with Crippen molar-refractivity contribution in [3.63, 3.8) is 0 Å². The van der Waals surface area contributed by atoms with Gasteiger partial charge >= 0.3 is 0 Å². The lowest BCUT2D eigenvalue weighted by atomic mass is 9.63. The molecule has 3 aliphatic heterocycles. The Morgan fingerprint density at radius 1 is 1.06 bits per heavy atom. The van der Waals surface area contributed by atoms with Crippen molar-refractivity contribution in [1.82, 2.24) is 9.62 Å². The van der Waals surface area contributed by atoms with Crippen molar-refractivity contribution < 1.29 is 28.1 Å². The number of anilines is 1. The molecule has 51 heavy (non-hydrogen) atoms. The van der Waals surface area contributed by atoms with Crippen LogP contribution in [0.3, 0.4) is 0 Å². The second-order valence-electron chi connectivity index (χ2n) is 15.8. The molecule has 2 bridgehead atoms. The molecule has 1 unspecified atom stereocenters. The van der Waals surface area contributed by atoms with Crippen molar-refractivity contribution in [1.29, 1.82) is 0 Å². The first-order chi connectivity index (χ1) is 24.5. The van der Waals surface area contributed by atoms with Crippen LogP contribution >= 0.6 is 11.6 Å². The maximum absolute atomic E-state index is 13.5. The van der Waals surface area contributed by atoms with Crippen molar-refractivity contribution in [3.05, 3.63) is 58.1 Å². The van der Waals surface area contributed by atoms with Gasteiger partial charge in [0.05, 0.1) is 30.8 Å². The SMILES string of the molecule is C[C@@H]1[C@@H](C)CCC[C@](O)(C#CCCN2CCOCC2)[C@@H]2CC[C@H]2CN2C[C@@]3(CCCc4cc(Cl)ccc43)COc3ccc(cc32)C(O)NS1(=O)=O. The van der Waals surface area contributed by atoms with Gasteiger partial charge in [0, 0.05) is 55.5 Å². The second kappa shape index (κ2) is 15.2. The maximum atomic E-state index is 13.5. The third-order valence-corrected chi connectivity index (χ3v) is 14.8. The zero-order valence-electron chi connectivity index (χ0n) is 30.1. The van der Waals surface area contributed by atoms with Crippen LogP contribution in [0.2, 0.25) is 5.02 Å². The molecule has 2 aromatic rings. The number of aliphatic hydroxyl groups excluding tert-OH is 1. The van der Waals surface area contributed by atoms with Gasteiger partial charge in [0.15, 0.2) is 0 Å². The third-order valence-electron chi connectivity index (χ3n) is 12.6. The molecule has 3 N–H and O–H groups in total. The summed E-state index contributed by atoms with van der Waals surface area (Å²) in [5.41, 5.74) is 2.39. The topological polar surface area (TPSA) is 112 Å². The molecule has 1 saturated heterocycles. The molecule has 3 heterocycles. The highest BCUT2D eigenvalue weighted by Gasteiger charge is 2.48. The highest BCUT2D eigenvalue weighted by atomic mass is 35.5. The monoisotopic (exact) mass is 739 g/mol. The van der Waals surface area contributed by atoms with Gasteiger partial charge in [-0.3, -0.25) is 4.90 Å². The number of halogens is 1. The fraction of sp³-hybridized carbons (Fsp3) is 0.650. The average Bonchev–Trinajstić information content (AvgIpc) is 3.24. The summed E-state index contributed by atoms with van der Waals surface area (Å²) in [6.07, 6.45) is 5.91. The summed E-state index contributed by atoms with van der Waals surface area (Å²) >= 11 is 6.47. The lowest BCUT2D eigenvalue weighted by Crippen LogP contribution is -2.52. The molecule has 2 fully saturated rings. The molecule has 7 rings (SSSR count). The molecule has 2 aliphatic carbocycles. The van der Waals surface area contributed by atoms with Gasteiger partial charge < -0.3 is 24.6 Å². The van der Waals surface area contributed by atoms with E-state index in [1.165, 1.54) is 11.1 Å². The molecule has 9 nitrogen and oxygen atoms in total. The number of hydrogen-bond acceptors (Lipinski definition) is 8. The van der Waals surface area contributed by atoms with Gasteiger partial charge in [-0.2, -0.15) is 4.72 Å². The zero-order chi connectivity index (χ0) is 35.8. The van der Waals surface area contributed by atoms with E-state index in [0.717, 1.165) is 75.7 Å². The summed E-state index contributed by atoms with van der Waals surface area (Å²) in [6, 6.07) is 11.7. The van der Waals surface area contributed by atoms with Gasteiger partial charge in [0.1, 0.15) is 17.6 Å². The van der Waals surface area contributed by atoms with Crippen LogP contribution in [0.25, 0.3) is 0 Å². The number of aryl methyl sites for hydroxylation is 1. The average molecular weight is 740 g/mol. The van der Waals surface area contributed by atoms with Gasteiger partial charge in [0.2, 0.25) is 10.0 Å². The van der Waals surface area contributed by atoms with Gasteiger partial charge in [0.25, 0.3) is 0 Å². The van der Waals surface area contributed by atoms with Crippen molar-refractivity contribution >= 4 is 27.3 Å². The van der Waals surface area contributed by atoms with E-state index in [9.17, 15) is 18.6 Å². The van der Waals surface area contributed by atoms with E-state index in [1.807, 2.05) is 25.1 Å². The predicted octanol–water partition coefficient (Wildman–Crippen LogP) is 5.41. The van der Waals surface area contributed by atoms with Crippen molar-refractivity contribution in [2.75, 3.05) is 57.4 Å². The second-order valence-corrected chi connectivity index (χ2v) is 18.4. The molecule has 1 spiro atoms. The molecular weight excluding hydrogens is 686 g/mol. The molecule has 7 atom stereocenters. The highest BCUT2D eigenvalue weighted by molar-refractivity contribution is 7.90. The van der Waals surface area contributed by atoms with E-state index in [4.69, 9.17) is 21.1 Å². The number of hydrogen-bond donors (Lipinski definition) is 3. The van der Waals surface area contributed by atoms with E-state index < -0.39 is 27.1 Å². The minimum atomic E-state index is -3.86. The number of aliphatic hydroxyl groups is 2. The molecule has 0 radical (unpaired) electrons. The van der Waals surface area contributed by atoms with E-state index in [1.54, 1.807) is 13.0 Å². The first-order valence-corrected chi connectivity index (χ1v) is 20.9. The molecule has 278 valence electrons. The fourth-order valence-corrected chi connectivity index (χ4v) is 10.8. The maximum Gasteiger partial charge on any atom is 0.216 e. The van der Waals surface area contributed by atoms with E-state index in [2.05, 4.69) is 38.5 Å². The number of ether oxygens (including phenoxy) is 2. The number of sulfonamides is 1. The predicted molar refractivity (Wildman–Crippen MR) is 201 cm³/mol. The van der Waals surface area contributed by atoms with Crippen LogP contribution in [-0.2, 0) is 26.6 Å². The van der Waals surface area contributed by atoms with Crippen LogP contribution in [0.5, 0.6) is 5.75 Å². The van der Waals surface area contributed by atoms with Crippen molar-refractivity contribution in [3.8, 4) is 17.6 Å². The van der Waals surface area contributed by atoms with Gasteiger partial charge in [-0.25, -0.2) is 8.42 Å². The van der Waals surface area contributed by atoms with Crippen LogP contribution in [0.1, 0.15) is 88.1 Å². The Morgan fingerprint density at radius 2 is 1.88 bits per heavy atom. The summed E-state index contributed by atoms with van der Waals surface area (Å²) in [7, 11) is -3.86. The molecule has 5 aliphatic rings. The number of nitrogens with zero attached hydrogens (tertiary/aromatic N) is 2. The third kappa shape index (κ3) is 7.82. The van der Waals surface area contributed by atoms with Crippen LogP contribution in [0, 0.1) is 29.6 Å². The first-order valence-electron chi connectivity index (χ1n) is 19.0. The Hall–Kier alpha value is -2.36.